The molecule has 2 aliphatic rings. The lowest BCUT2D eigenvalue weighted by atomic mass is 10.0. The van der Waals surface area contributed by atoms with E-state index in [-0.39, 0.29) is 18.9 Å². The average molecular weight is 401 g/mol. The quantitative estimate of drug-likeness (QED) is 0.797. The van der Waals surface area contributed by atoms with Crippen molar-refractivity contribution in [1.82, 2.24) is 14.8 Å². The van der Waals surface area contributed by atoms with Crippen LogP contribution in [0.25, 0.3) is 10.9 Å². The van der Waals surface area contributed by atoms with E-state index in [0.29, 0.717) is 12.6 Å². The van der Waals surface area contributed by atoms with Gasteiger partial charge in [-0.2, -0.15) is 0 Å². The summed E-state index contributed by atoms with van der Waals surface area (Å²) in [7, 11) is 1.65. The van der Waals surface area contributed by atoms with Crippen molar-refractivity contribution >= 4 is 22.5 Å². The largest absolute Gasteiger partial charge is 0.497 e. The molecular formula is C21H28FN5O2. The van der Waals surface area contributed by atoms with Crippen LogP contribution in [0.3, 0.4) is 0 Å². The van der Waals surface area contributed by atoms with Gasteiger partial charge in [-0.05, 0) is 25.0 Å². The Morgan fingerprint density at radius 3 is 2.86 bits per heavy atom. The molecule has 0 bridgehead atoms. The molecule has 2 aliphatic heterocycles. The molecule has 2 fully saturated rings. The summed E-state index contributed by atoms with van der Waals surface area (Å²) in [4.78, 5) is 20.5. The van der Waals surface area contributed by atoms with Gasteiger partial charge < -0.3 is 20.7 Å². The Bertz CT molecular complexity index is 871. The first-order chi connectivity index (χ1) is 14.0. The van der Waals surface area contributed by atoms with Crippen molar-refractivity contribution in [1.29, 1.82) is 0 Å². The highest BCUT2D eigenvalue weighted by atomic mass is 19.1. The summed E-state index contributed by atoms with van der Waals surface area (Å²) in [6.45, 7) is 2.05. The monoisotopic (exact) mass is 401 g/mol. The van der Waals surface area contributed by atoms with Crippen molar-refractivity contribution < 1.29 is 13.9 Å². The number of anilines is 1. The number of carbonyl (C=O) groups is 1. The van der Waals surface area contributed by atoms with Crippen LogP contribution in [0.1, 0.15) is 19.3 Å². The molecule has 1 aromatic heterocycles. The molecule has 0 aliphatic carbocycles. The molecule has 0 saturated carbocycles. The average Bonchev–Trinajstić information content (AvgIpc) is 3.07. The number of nitrogens with one attached hydrogen (secondary N) is 1. The standard InChI is InChI=1S/C21H28FN5O2/c1-29-16-10-18-17(3-2-6-24-18)19(11-16)25-15-4-7-26(8-5-15)13-21(28)27-12-14(22)9-20(27)23/h2-3,6,10-11,14-15,20,25H,4-5,7-9,12-13,23H2,1H3/t14-,20-/m0/s1. The summed E-state index contributed by atoms with van der Waals surface area (Å²) < 4.78 is 18.9. The van der Waals surface area contributed by atoms with Crippen LogP contribution < -0.4 is 15.8 Å². The summed E-state index contributed by atoms with van der Waals surface area (Å²) in [6.07, 6.45) is 2.36. The third-order valence-corrected chi connectivity index (χ3v) is 5.85. The molecule has 29 heavy (non-hydrogen) atoms. The van der Waals surface area contributed by atoms with E-state index < -0.39 is 12.3 Å². The van der Waals surface area contributed by atoms with Crippen molar-refractivity contribution in [3.8, 4) is 5.75 Å². The van der Waals surface area contributed by atoms with Gasteiger partial charge in [0.2, 0.25) is 5.91 Å². The second kappa shape index (κ2) is 8.51. The Kier molecular flexibility index (Phi) is 5.82. The molecule has 8 heteroatoms. The van der Waals surface area contributed by atoms with Crippen molar-refractivity contribution in [3.05, 3.63) is 30.5 Å². The number of hydrogen-bond acceptors (Lipinski definition) is 6. The lowest BCUT2D eigenvalue weighted by Gasteiger charge is -2.34. The number of ether oxygens (including phenoxy) is 1. The zero-order valence-electron chi connectivity index (χ0n) is 16.7. The van der Waals surface area contributed by atoms with Gasteiger partial charge in [-0.3, -0.25) is 14.7 Å². The molecule has 0 unspecified atom stereocenters. The van der Waals surface area contributed by atoms with E-state index in [0.717, 1.165) is 48.3 Å². The van der Waals surface area contributed by atoms with Gasteiger partial charge in [0, 0.05) is 55.0 Å². The van der Waals surface area contributed by atoms with E-state index in [1.54, 1.807) is 13.3 Å². The van der Waals surface area contributed by atoms with Crippen molar-refractivity contribution in [2.24, 2.45) is 5.73 Å². The predicted octanol–water partition coefficient (Wildman–Crippen LogP) is 1.97. The van der Waals surface area contributed by atoms with Crippen LogP contribution in [0, 0.1) is 0 Å². The van der Waals surface area contributed by atoms with Crippen LogP contribution in [0.15, 0.2) is 30.5 Å². The van der Waals surface area contributed by atoms with Crippen molar-refractivity contribution in [2.45, 2.75) is 37.6 Å². The molecule has 156 valence electrons. The number of nitrogens with zero attached hydrogens (tertiary/aromatic N) is 3. The zero-order valence-corrected chi connectivity index (χ0v) is 16.7. The van der Waals surface area contributed by atoms with Crippen LogP contribution in [0.4, 0.5) is 10.1 Å². The lowest BCUT2D eigenvalue weighted by molar-refractivity contribution is -0.133. The number of rotatable bonds is 5. The number of nitrogens with two attached hydrogens (primary N) is 1. The smallest absolute Gasteiger partial charge is 0.238 e. The fourth-order valence-corrected chi connectivity index (χ4v) is 4.23. The molecule has 1 amide bonds. The summed E-state index contributed by atoms with van der Waals surface area (Å²) in [5.74, 6) is 0.698. The summed E-state index contributed by atoms with van der Waals surface area (Å²) >= 11 is 0. The first-order valence-corrected chi connectivity index (χ1v) is 10.1. The zero-order chi connectivity index (χ0) is 20.4. The number of hydrogen-bond donors (Lipinski definition) is 2. The molecule has 0 spiro atoms. The molecule has 2 atom stereocenters. The number of carbonyl (C=O) groups excluding carboxylic acids is 1. The van der Waals surface area contributed by atoms with E-state index in [2.05, 4.69) is 21.3 Å². The van der Waals surface area contributed by atoms with Gasteiger partial charge >= 0.3 is 0 Å². The number of pyridine rings is 1. The number of halogens is 1. The first-order valence-electron chi connectivity index (χ1n) is 10.1. The molecule has 7 nitrogen and oxygen atoms in total. The summed E-state index contributed by atoms with van der Waals surface area (Å²) in [5, 5.41) is 4.69. The maximum Gasteiger partial charge on any atom is 0.238 e. The maximum absolute atomic E-state index is 13.5. The van der Waals surface area contributed by atoms with Gasteiger partial charge in [0.25, 0.3) is 0 Å². The van der Waals surface area contributed by atoms with Crippen molar-refractivity contribution in [3.63, 3.8) is 0 Å². The summed E-state index contributed by atoms with van der Waals surface area (Å²) in [5.41, 5.74) is 7.78. The Morgan fingerprint density at radius 1 is 1.38 bits per heavy atom. The molecule has 1 aromatic carbocycles. The van der Waals surface area contributed by atoms with E-state index in [1.807, 2.05) is 18.2 Å². The highest BCUT2D eigenvalue weighted by Gasteiger charge is 2.33. The molecule has 3 heterocycles. The van der Waals surface area contributed by atoms with E-state index >= 15 is 0 Å². The van der Waals surface area contributed by atoms with E-state index in [9.17, 15) is 9.18 Å². The molecule has 3 N–H and O–H groups in total. The summed E-state index contributed by atoms with van der Waals surface area (Å²) in [6, 6.07) is 8.22. The SMILES string of the molecule is COc1cc(NC2CCN(CC(=O)N3C[C@@H](F)C[C@H]3N)CC2)c2cccnc2c1. The Hall–Kier alpha value is -2.45. The molecular weight excluding hydrogens is 373 g/mol. The van der Waals surface area contributed by atoms with Gasteiger partial charge in [0.05, 0.1) is 31.9 Å². The molecule has 2 aromatic rings. The van der Waals surface area contributed by atoms with Gasteiger partial charge in [0.1, 0.15) is 11.9 Å². The van der Waals surface area contributed by atoms with Gasteiger partial charge in [-0.1, -0.05) is 0 Å². The normalized spacial score (nSPS) is 23.5. The molecule has 0 radical (unpaired) electrons. The number of methoxy groups -OCH3 is 1. The van der Waals surface area contributed by atoms with Crippen molar-refractivity contribution in [2.75, 3.05) is 38.6 Å². The number of benzene rings is 1. The maximum atomic E-state index is 13.5. The fraction of sp³-hybridized carbons (Fsp3) is 0.524. The highest BCUT2D eigenvalue weighted by molar-refractivity contribution is 5.92. The van der Waals surface area contributed by atoms with Crippen LogP contribution >= 0.6 is 0 Å². The Labute approximate surface area is 170 Å². The number of amides is 1. The van der Waals surface area contributed by atoms with Crippen LogP contribution in [-0.2, 0) is 4.79 Å². The first kappa shape index (κ1) is 19.8. The fourth-order valence-electron chi connectivity index (χ4n) is 4.23. The Morgan fingerprint density at radius 2 is 2.17 bits per heavy atom. The third kappa shape index (κ3) is 4.43. The van der Waals surface area contributed by atoms with Crippen LogP contribution in [-0.4, -0.2) is 72.4 Å². The van der Waals surface area contributed by atoms with Gasteiger partial charge in [-0.15, -0.1) is 0 Å². The topological polar surface area (TPSA) is 83.7 Å². The number of fused-ring (bicyclic) bond motifs is 1. The predicted molar refractivity (Wildman–Crippen MR) is 111 cm³/mol. The van der Waals surface area contributed by atoms with Gasteiger partial charge in [0.15, 0.2) is 0 Å². The number of aromatic nitrogens is 1. The number of likely N-dealkylation sites (tertiary alicyclic amines) is 2. The minimum Gasteiger partial charge on any atom is -0.497 e. The third-order valence-electron chi connectivity index (χ3n) is 5.85. The highest BCUT2D eigenvalue weighted by Crippen LogP contribution is 2.29. The second-order valence-corrected chi connectivity index (χ2v) is 7.89. The molecule has 4 rings (SSSR count). The van der Waals surface area contributed by atoms with Crippen LogP contribution in [0.2, 0.25) is 0 Å². The second-order valence-electron chi connectivity index (χ2n) is 7.89. The molecule has 2 saturated heterocycles. The Balaban J connectivity index is 1.35. The minimum absolute atomic E-state index is 0.0751. The van der Waals surface area contributed by atoms with Crippen LogP contribution in [0.5, 0.6) is 5.75 Å². The minimum atomic E-state index is -1.00. The van der Waals surface area contributed by atoms with E-state index in [1.165, 1.54) is 4.90 Å². The van der Waals surface area contributed by atoms with Gasteiger partial charge in [-0.25, -0.2) is 4.39 Å². The number of alkyl halides is 1. The number of piperidine rings is 1. The van der Waals surface area contributed by atoms with E-state index in [4.69, 9.17) is 10.5 Å². The lowest BCUT2D eigenvalue weighted by Crippen LogP contribution is -2.48.